The quantitative estimate of drug-likeness (QED) is 0.872. The summed E-state index contributed by atoms with van der Waals surface area (Å²) in [5.74, 6) is 0.160. The fraction of sp³-hybridized carbons (Fsp3) is 0.556. The predicted molar refractivity (Wildman–Crippen MR) is 86.4 cm³/mol. The van der Waals surface area contributed by atoms with E-state index < -0.39 is 0 Å². The summed E-state index contributed by atoms with van der Waals surface area (Å²) in [6.45, 7) is 6.13. The molecule has 4 nitrogen and oxygen atoms in total. The average molecular weight is 298 g/mol. The molecule has 1 saturated carbocycles. The molecule has 0 atom stereocenters. The van der Waals surface area contributed by atoms with Crippen LogP contribution >= 0.6 is 0 Å². The Morgan fingerprint density at radius 2 is 1.77 bits per heavy atom. The number of benzene rings is 1. The van der Waals surface area contributed by atoms with Gasteiger partial charge in [0, 0.05) is 31.4 Å². The summed E-state index contributed by atoms with van der Waals surface area (Å²) in [5, 5.41) is 12.2. The Morgan fingerprint density at radius 1 is 1.23 bits per heavy atom. The summed E-state index contributed by atoms with van der Waals surface area (Å²) in [6.07, 6.45) is 4.42. The number of hydrogen-bond acceptors (Lipinski definition) is 2. The molecule has 0 unspecified atom stereocenters. The second-order valence-electron chi connectivity index (χ2n) is 7.13. The van der Waals surface area contributed by atoms with Crippen molar-refractivity contribution in [1.82, 2.24) is 0 Å². The number of nitrogens with zero attached hydrogens (tertiary/aromatic N) is 2. The van der Waals surface area contributed by atoms with Crippen molar-refractivity contribution in [2.24, 2.45) is 0 Å². The summed E-state index contributed by atoms with van der Waals surface area (Å²) in [5.41, 5.74) is 3.23. The SMILES string of the molecule is Cc1cc(C#N)cc(C)c1NC(=O)C1([N+]2(C)CCCC2)CC1. The number of anilines is 1. The highest BCUT2D eigenvalue weighted by molar-refractivity contribution is 6.00. The van der Waals surface area contributed by atoms with Crippen molar-refractivity contribution < 1.29 is 9.28 Å². The van der Waals surface area contributed by atoms with Gasteiger partial charge >= 0.3 is 0 Å². The Bertz CT molecular complexity index is 638. The number of carbonyl (C=O) groups is 1. The van der Waals surface area contributed by atoms with Gasteiger partial charge in [0.15, 0.2) is 5.54 Å². The maximum atomic E-state index is 13.0. The Morgan fingerprint density at radius 3 is 2.23 bits per heavy atom. The highest BCUT2D eigenvalue weighted by Gasteiger charge is 2.64. The van der Waals surface area contributed by atoms with Crippen molar-refractivity contribution in [3.8, 4) is 6.07 Å². The Balaban J connectivity index is 1.85. The van der Waals surface area contributed by atoms with E-state index in [1.165, 1.54) is 12.8 Å². The molecule has 1 heterocycles. The molecule has 2 aliphatic rings. The van der Waals surface area contributed by atoms with Crippen LogP contribution in [0, 0.1) is 25.2 Å². The van der Waals surface area contributed by atoms with Crippen LogP contribution in [-0.4, -0.2) is 36.1 Å². The van der Waals surface area contributed by atoms with E-state index in [9.17, 15) is 4.79 Å². The van der Waals surface area contributed by atoms with Crippen molar-refractivity contribution in [2.45, 2.75) is 45.1 Å². The van der Waals surface area contributed by atoms with Gasteiger partial charge < -0.3 is 9.80 Å². The molecule has 1 amide bonds. The molecule has 1 aliphatic carbocycles. The second-order valence-corrected chi connectivity index (χ2v) is 7.13. The molecular weight excluding hydrogens is 274 g/mol. The number of hydrogen-bond donors (Lipinski definition) is 1. The molecule has 4 heteroatoms. The number of quaternary nitrogens is 1. The number of nitrogens with one attached hydrogen (secondary N) is 1. The van der Waals surface area contributed by atoms with Crippen LogP contribution in [0.1, 0.15) is 42.4 Å². The molecule has 1 N–H and O–H groups in total. The van der Waals surface area contributed by atoms with Crippen LogP contribution in [0.3, 0.4) is 0 Å². The summed E-state index contributed by atoms with van der Waals surface area (Å²) in [4.78, 5) is 13.0. The van der Waals surface area contributed by atoms with Crippen LogP contribution in [-0.2, 0) is 4.79 Å². The minimum atomic E-state index is -0.219. The number of nitriles is 1. The van der Waals surface area contributed by atoms with Crippen LogP contribution in [0.2, 0.25) is 0 Å². The minimum Gasteiger partial charge on any atom is -0.320 e. The van der Waals surface area contributed by atoms with E-state index in [-0.39, 0.29) is 11.4 Å². The molecule has 116 valence electrons. The Kier molecular flexibility index (Phi) is 3.49. The lowest BCUT2D eigenvalue weighted by atomic mass is 10.0. The van der Waals surface area contributed by atoms with Crippen molar-refractivity contribution in [3.63, 3.8) is 0 Å². The molecule has 0 aromatic heterocycles. The average Bonchev–Trinajstić information content (AvgIpc) is 3.20. The fourth-order valence-electron chi connectivity index (χ4n) is 4.05. The summed E-state index contributed by atoms with van der Waals surface area (Å²) >= 11 is 0. The zero-order valence-electron chi connectivity index (χ0n) is 13.7. The lowest BCUT2D eigenvalue weighted by Crippen LogP contribution is -2.57. The third-order valence-corrected chi connectivity index (χ3v) is 5.63. The van der Waals surface area contributed by atoms with Gasteiger partial charge in [-0.2, -0.15) is 5.26 Å². The third kappa shape index (κ3) is 2.21. The van der Waals surface area contributed by atoms with E-state index >= 15 is 0 Å². The molecule has 2 fully saturated rings. The lowest BCUT2D eigenvalue weighted by molar-refractivity contribution is -0.923. The maximum Gasteiger partial charge on any atom is 0.285 e. The van der Waals surface area contributed by atoms with E-state index in [0.717, 1.165) is 47.2 Å². The van der Waals surface area contributed by atoms with Gasteiger partial charge in [0.1, 0.15) is 0 Å². The van der Waals surface area contributed by atoms with Crippen LogP contribution in [0.25, 0.3) is 0 Å². The van der Waals surface area contributed by atoms with E-state index in [1.54, 1.807) is 0 Å². The molecule has 1 aromatic rings. The number of rotatable bonds is 3. The van der Waals surface area contributed by atoms with Gasteiger partial charge in [-0.05, 0) is 37.1 Å². The fourth-order valence-corrected chi connectivity index (χ4v) is 4.05. The molecule has 22 heavy (non-hydrogen) atoms. The first-order valence-corrected chi connectivity index (χ1v) is 8.09. The van der Waals surface area contributed by atoms with Crippen molar-refractivity contribution in [1.29, 1.82) is 5.26 Å². The van der Waals surface area contributed by atoms with E-state index in [4.69, 9.17) is 5.26 Å². The molecule has 3 rings (SSSR count). The summed E-state index contributed by atoms with van der Waals surface area (Å²) < 4.78 is 0.896. The number of aryl methyl sites for hydroxylation is 2. The first-order valence-electron chi connectivity index (χ1n) is 8.09. The zero-order chi connectivity index (χ0) is 16.0. The molecule has 0 radical (unpaired) electrons. The monoisotopic (exact) mass is 298 g/mol. The first kappa shape index (κ1) is 15.1. The van der Waals surface area contributed by atoms with Gasteiger partial charge in [-0.3, -0.25) is 4.79 Å². The van der Waals surface area contributed by atoms with E-state index in [0.29, 0.717) is 5.56 Å². The first-order chi connectivity index (χ1) is 10.4. The summed E-state index contributed by atoms with van der Waals surface area (Å²) in [7, 11) is 2.23. The number of likely N-dealkylation sites (tertiary alicyclic amines) is 1. The van der Waals surface area contributed by atoms with Gasteiger partial charge in [-0.15, -0.1) is 0 Å². The number of amides is 1. The van der Waals surface area contributed by atoms with E-state index in [2.05, 4.69) is 18.4 Å². The van der Waals surface area contributed by atoms with Crippen molar-refractivity contribution in [2.75, 3.05) is 25.5 Å². The molecular formula is C18H24N3O+. The van der Waals surface area contributed by atoms with Crippen LogP contribution in [0.5, 0.6) is 0 Å². The maximum absolute atomic E-state index is 13.0. The van der Waals surface area contributed by atoms with Crippen LogP contribution < -0.4 is 5.32 Å². The number of likely N-dealkylation sites (N-methyl/N-ethyl adjacent to an activating group) is 1. The highest BCUT2D eigenvalue weighted by Crippen LogP contribution is 2.49. The van der Waals surface area contributed by atoms with Gasteiger partial charge in [-0.1, -0.05) is 0 Å². The highest BCUT2D eigenvalue weighted by atomic mass is 16.2. The van der Waals surface area contributed by atoms with Crippen molar-refractivity contribution in [3.05, 3.63) is 28.8 Å². The molecule has 1 aliphatic heterocycles. The molecule has 1 aromatic carbocycles. The lowest BCUT2D eigenvalue weighted by Gasteiger charge is -2.37. The number of carbonyl (C=O) groups excluding carboxylic acids is 1. The van der Waals surface area contributed by atoms with Crippen molar-refractivity contribution >= 4 is 11.6 Å². The second kappa shape index (κ2) is 5.10. The van der Waals surface area contributed by atoms with E-state index in [1.807, 2.05) is 26.0 Å². The standard InChI is InChI=1S/C18H23N3O/c1-13-10-15(12-19)11-14(2)16(13)20-17(22)18(6-7-18)21(3)8-4-5-9-21/h10-11H,4-9H2,1-3H3/p+1. The normalized spacial score (nSPS) is 21.2. The summed E-state index contributed by atoms with van der Waals surface area (Å²) in [6, 6.07) is 5.85. The Labute approximate surface area is 132 Å². The predicted octanol–water partition coefficient (Wildman–Crippen LogP) is 2.89. The van der Waals surface area contributed by atoms with Gasteiger partial charge in [0.05, 0.1) is 31.8 Å². The third-order valence-electron chi connectivity index (χ3n) is 5.63. The van der Waals surface area contributed by atoms with Crippen LogP contribution in [0.4, 0.5) is 5.69 Å². The molecule has 1 saturated heterocycles. The van der Waals surface area contributed by atoms with Gasteiger partial charge in [0.2, 0.25) is 0 Å². The largest absolute Gasteiger partial charge is 0.320 e. The Hall–Kier alpha value is -1.86. The zero-order valence-corrected chi connectivity index (χ0v) is 13.7. The van der Waals surface area contributed by atoms with Gasteiger partial charge in [-0.25, -0.2) is 0 Å². The topological polar surface area (TPSA) is 52.9 Å². The molecule has 0 spiro atoms. The van der Waals surface area contributed by atoms with Gasteiger partial charge in [0.25, 0.3) is 5.91 Å². The molecule has 0 bridgehead atoms. The smallest absolute Gasteiger partial charge is 0.285 e. The minimum absolute atomic E-state index is 0.160. The van der Waals surface area contributed by atoms with Crippen LogP contribution in [0.15, 0.2) is 12.1 Å².